The molecule has 1 atom stereocenters. The fraction of sp³-hybridized carbons (Fsp3) is 0.300. The number of benzene rings is 1. The Kier molecular flexibility index (Phi) is 3.30. The first-order valence-corrected chi connectivity index (χ1v) is 3.88. The summed E-state index contributed by atoms with van der Waals surface area (Å²) in [5.74, 6) is 0.775. The smallest absolute Gasteiger partial charge is 0.168 e. The first-order valence-electron chi connectivity index (χ1n) is 3.88. The second-order valence-corrected chi connectivity index (χ2v) is 2.52. The molecule has 0 aliphatic rings. The lowest BCUT2D eigenvalue weighted by Gasteiger charge is -2.07. The Labute approximate surface area is 77.5 Å². The molecule has 1 aromatic rings. The highest BCUT2D eigenvalue weighted by Crippen LogP contribution is 2.18. The monoisotopic (exact) mass is 177 g/mol. The Morgan fingerprint density at radius 2 is 1.85 bits per heavy atom. The summed E-state index contributed by atoms with van der Waals surface area (Å²) in [6.07, 6.45) is -0.495. The van der Waals surface area contributed by atoms with Crippen LogP contribution < -0.4 is 4.74 Å². The van der Waals surface area contributed by atoms with Crippen molar-refractivity contribution in [2.75, 3.05) is 14.2 Å². The van der Waals surface area contributed by atoms with Crippen LogP contribution in [-0.2, 0) is 4.74 Å². The zero-order valence-electron chi connectivity index (χ0n) is 7.65. The standard InChI is InChI=1S/C10H11NO2/c1-12-9-5-3-8(4-6-9)10(7-11)13-2/h3-6,10H,1-2H3. The lowest BCUT2D eigenvalue weighted by Crippen LogP contribution is -1.97. The summed E-state index contributed by atoms with van der Waals surface area (Å²) in [4.78, 5) is 0. The van der Waals surface area contributed by atoms with Crippen LogP contribution in [0.5, 0.6) is 5.75 Å². The first kappa shape index (κ1) is 9.56. The minimum absolute atomic E-state index is 0.495. The van der Waals surface area contributed by atoms with Crippen LogP contribution >= 0.6 is 0 Å². The number of hydrogen-bond acceptors (Lipinski definition) is 3. The van der Waals surface area contributed by atoms with Crippen LogP contribution in [0.25, 0.3) is 0 Å². The maximum absolute atomic E-state index is 8.70. The molecule has 3 nitrogen and oxygen atoms in total. The van der Waals surface area contributed by atoms with Crippen LogP contribution in [0.1, 0.15) is 11.7 Å². The molecular formula is C10H11NO2. The van der Waals surface area contributed by atoms with E-state index >= 15 is 0 Å². The molecule has 0 aliphatic carbocycles. The molecule has 0 radical (unpaired) electrons. The van der Waals surface area contributed by atoms with Gasteiger partial charge in [0, 0.05) is 7.11 Å². The second-order valence-electron chi connectivity index (χ2n) is 2.52. The molecule has 3 heteroatoms. The molecule has 1 aromatic carbocycles. The molecule has 0 spiro atoms. The van der Waals surface area contributed by atoms with Gasteiger partial charge in [-0.25, -0.2) is 0 Å². The third-order valence-corrected chi connectivity index (χ3v) is 1.77. The Morgan fingerprint density at radius 3 is 2.23 bits per heavy atom. The van der Waals surface area contributed by atoms with Gasteiger partial charge in [0.25, 0.3) is 0 Å². The Bertz CT molecular complexity index is 300. The molecule has 1 unspecified atom stereocenters. The summed E-state index contributed by atoms with van der Waals surface area (Å²) in [5.41, 5.74) is 0.839. The number of nitrogens with zero attached hydrogens (tertiary/aromatic N) is 1. The van der Waals surface area contributed by atoms with Crippen molar-refractivity contribution in [2.24, 2.45) is 0 Å². The van der Waals surface area contributed by atoms with Crippen molar-refractivity contribution in [2.45, 2.75) is 6.10 Å². The Balaban J connectivity index is 2.86. The quantitative estimate of drug-likeness (QED) is 0.708. The maximum Gasteiger partial charge on any atom is 0.168 e. The molecule has 1 rings (SSSR count). The average molecular weight is 177 g/mol. The van der Waals surface area contributed by atoms with Gasteiger partial charge < -0.3 is 9.47 Å². The summed E-state index contributed by atoms with van der Waals surface area (Å²) in [6, 6.07) is 9.28. The van der Waals surface area contributed by atoms with Crippen molar-refractivity contribution in [3.05, 3.63) is 29.8 Å². The van der Waals surface area contributed by atoms with Gasteiger partial charge in [-0.2, -0.15) is 5.26 Å². The largest absolute Gasteiger partial charge is 0.497 e. The third-order valence-electron chi connectivity index (χ3n) is 1.77. The Morgan fingerprint density at radius 1 is 1.23 bits per heavy atom. The van der Waals surface area contributed by atoms with Crippen LogP contribution in [0.2, 0.25) is 0 Å². The summed E-state index contributed by atoms with van der Waals surface area (Å²) < 4.78 is 9.95. The average Bonchev–Trinajstić information content (AvgIpc) is 2.21. The zero-order chi connectivity index (χ0) is 9.68. The molecule has 0 fully saturated rings. The van der Waals surface area contributed by atoms with E-state index < -0.39 is 6.10 Å². The van der Waals surface area contributed by atoms with Crippen LogP contribution in [0, 0.1) is 11.3 Å². The highest BCUT2D eigenvalue weighted by Gasteiger charge is 2.07. The lowest BCUT2D eigenvalue weighted by molar-refractivity contribution is 0.148. The fourth-order valence-corrected chi connectivity index (χ4v) is 1.04. The van der Waals surface area contributed by atoms with Gasteiger partial charge in [-0.3, -0.25) is 0 Å². The van der Waals surface area contributed by atoms with Crippen molar-refractivity contribution >= 4 is 0 Å². The molecule has 0 saturated carbocycles. The SMILES string of the molecule is COc1ccc(C(C#N)OC)cc1. The third kappa shape index (κ3) is 2.20. The predicted molar refractivity (Wildman–Crippen MR) is 48.4 cm³/mol. The summed E-state index contributed by atoms with van der Waals surface area (Å²) >= 11 is 0. The van der Waals surface area contributed by atoms with Gasteiger partial charge in [0.1, 0.15) is 5.75 Å². The number of methoxy groups -OCH3 is 2. The van der Waals surface area contributed by atoms with E-state index in [0.29, 0.717) is 0 Å². The molecule has 0 amide bonds. The maximum atomic E-state index is 8.70. The molecule has 0 N–H and O–H groups in total. The number of nitriles is 1. The van der Waals surface area contributed by atoms with Crippen molar-refractivity contribution < 1.29 is 9.47 Å². The van der Waals surface area contributed by atoms with E-state index in [4.69, 9.17) is 14.7 Å². The highest BCUT2D eigenvalue weighted by molar-refractivity contribution is 5.30. The van der Waals surface area contributed by atoms with Crippen LogP contribution in [0.15, 0.2) is 24.3 Å². The molecular weight excluding hydrogens is 166 g/mol. The van der Waals surface area contributed by atoms with E-state index in [9.17, 15) is 0 Å². The predicted octanol–water partition coefficient (Wildman–Crippen LogP) is 1.91. The van der Waals surface area contributed by atoms with Gasteiger partial charge in [-0.05, 0) is 17.7 Å². The minimum atomic E-state index is -0.495. The van der Waals surface area contributed by atoms with Gasteiger partial charge in [0.2, 0.25) is 0 Å². The lowest BCUT2D eigenvalue weighted by atomic mass is 10.1. The van der Waals surface area contributed by atoms with Gasteiger partial charge in [-0.1, -0.05) is 12.1 Å². The number of hydrogen-bond donors (Lipinski definition) is 0. The van der Waals surface area contributed by atoms with Crippen molar-refractivity contribution in [1.29, 1.82) is 5.26 Å². The van der Waals surface area contributed by atoms with Crippen molar-refractivity contribution in [3.63, 3.8) is 0 Å². The normalized spacial score (nSPS) is 11.8. The first-order chi connectivity index (χ1) is 6.31. The van der Waals surface area contributed by atoms with Gasteiger partial charge in [0.05, 0.1) is 13.2 Å². The van der Waals surface area contributed by atoms with E-state index in [1.54, 1.807) is 19.2 Å². The topological polar surface area (TPSA) is 42.2 Å². The number of ether oxygens (including phenoxy) is 2. The minimum Gasteiger partial charge on any atom is -0.497 e. The molecule has 0 saturated heterocycles. The van der Waals surface area contributed by atoms with E-state index in [-0.39, 0.29) is 0 Å². The van der Waals surface area contributed by atoms with Gasteiger partial charge >= 0.3 is 0 Å². The molecule has 68 valence electrons. The Hall–Kier alpha value is -1.53. The van der Waals surface area contributed by atoms with Crippen LogP contribution in [0.4, 0.5) is 0 Å². The van der Waals surface area contributed by atoms with Crippen LogP contribution in [-0.4, -0.2) is 14.2 Å². The highest BCUT2D eigenvalue weighted by atomic mass is 16.5. The fourth-order valence-electron chi connectivity index (χ4n) is 1.04. The van der Waals surface area contributed by atoms with E-state index in [2.05, 4.69) is 0 Å². The van der Waals surface area contributed by atoms with Gasteiger partial charge in [-0.15, -0.1) is 0 Å². The second kappa shape index (κ2) is 4.48. The van der Waals surface area contributed by atoms with E-state index in [1.807, 2.05) is 18.2 Å². The summed E-state index contributed by atoms with van der Waals surface area (Å²) in [6.45, 7) is 0. The van der Waals surface area contributed by atoms with Crippen molar-refractivity contribution in [3.8, 4) is 11.8 Å². The number of rotatable bonds is 3. The van der Waals surface area contributed by atoms with Gasteiger partial charge in [0.15, 0.2) is 6.10 Å². The molecule has 13 heavy (non-hydrogen) atoms. The molecule has 0 aromatic heterocycles. The van der Waals surface area contributed by atoms with Crippen molar-refractivity contribution in [1.82, 2.24) is 0 Å². The van der Waals surface area contributed by atoms with E-state index in [1.165, 1.54) is 7.11 Å². The zero-order valence-corrected chi connectivity index (χ0v) is 7.65. The molecule has 0 bridgehead atoms. The van der Waals surface area contributed by atoms with Crippen LogP contribution in [0.3, 0.4) is 0 Å². The molecule has 0 heterocycles. The van der Waals surface area contributed by atoms with E-state index in [0.717, 1.165) is 11.3 Å². The summed E-state index contributed by atoms with van der Waals surface area (Å²) in [7, 11) is 3.12. The molecule has 0 aliphatic heterocycles. The summed E-state index contributed by atoms with van der Waals surface area (Å²) in [5, 5.41) is 8.70.